The van der Waals surface area contributed by atoms with E-state index < -0.39 is 0 Å². The first-order valence-corrected chi connectivity index (χ1v) is 8.51. The maximum atomic E-state index is 10.1. The number of hydrogen-bond donors (Lipinski definition) is 1. The highest BCUT2D eigenvalue weighted by molar-refractivity contribution is 5.82. The fraction of sp³-hybridized carbons (Fsp3) is 0.421. The summed E-state index contributed by atoms with van der Waals surface area (Å²) < 4.78 is 7.82. The summed E-state index contributed by atoms with van der Waals surface area (Å²) in [5.74, 6) is 0.798. The Balaban J connectivity index is 1.65. The van der Waals surface area contributed by atoms with Gasteiger partial charge in [0.15, 0.2) is 5.76 Å². The van der Waals surface area contributed by atoms with E-state index in [0.29, 0.717) is 0 Å². The molecule has 0 bridgehead atoms. The smallest absolute Gasteiger partial charge is 0.156 e. The van der Waals surface area contributed by atoms with Gasteiger partial charge in [-0.05, 0) is 38.4 Å². The second-order valence-corrected chi connectivity index (χ2v) is 6.81. The Morgan fingerprint density at radius 1 is 1.33 bits per heavy atom. The largest absolute Gasteiger partial charge is 0.454 e. The van der Waals surface area contributed by atoms with Crippen LogP contribution in [0.15, 0.2) is 40.9 Å². The zero-order valence-electron chi connectivity index (χ0n) is 14.1. The predicted molar refractivity (Wildman–Crippen MR) is 93.5 cm³/mol. The van der Waals surface area contributed by atoms with E-state index in [9.17, 15) is 5.11 Å². The van der Waals surface area contributed by atoms with Crippen LogP contribution in [-0.4, -0.2) is 39.0 Å². The van der Waals surface area contributed by atoms with Gasteiger partial charge in [-0.2, -0.15) is 5.10 Å². The summed E-state index contributed by atoms with van der Waals surface area (Å²) >= 11 is 0. The number of rotatable bonds is 4. The third-order valence-electron chi connectivity index (χ3n) is 4.99. The lowest BCUT2D eigenvalue weighted by molar-refractivity contribution is 0.0825. The number of nitrogens with zero attached hydrogens (tertiary/aromatic N) is 3. The normalized spacial score (nSPS) is 21.2. The Labute approximate surface area is 141 Å². The number of furan rings is 1. The number of para-hydroxylation sites is 1. The van der Waals surface area contributed by atoms with E-state index in [2.05, 4.69) is 17.0 Å². The van der Waals surface area contributed by atoms with Crippen LogP contribution in [0.25, 0.3) is 22.4 Å². The summed E-state index contributed by atoms with van der Waals surface area (Å²) in [4.78, 5) is 2.24. The summed E-state index contributed by atoms with van der Waals surface area (Å²) in [6.07, 6.45) is 4.87. The van der Waals surface area contributed by atoms with Crippen molar-refractivity contribution in [3.63, 3.8) is 0 Å². The van der Waals surface area contributed by atoms with Gasteiger partial charge in [-0.25, -0.2) is 0 Å². The molecule has 0 amide bonds. The maximum Gasteiger partial charge on any atom is 0.156 e. The van der Waals surface area contributed by atoms with Crippen molar-refractivity contribution in [1.82, 2.24) is 14.7 Å². The van der Waals surface area contributed by atoms with E-state index in [1.54, 1.807) is 0 Å². The van der Waals surface area contributed by atoms with Crippen LogP contribution >= 0.6 is 0 Å². The molecule has 126 valence electrons. The fourth-order valence-corrected chi connectivity index (χ4v) is 3.78. The van der Waals surface area contributed by atoms with E-state index in [1.807, 2.05) is 48.3 Å². The van der Waals surface area contributed by atoms with Gasteiger partial charge in [0.1, 0.15) is 11.3 Å². The van der Waals surface area contributed by atoms with Crippen LogP contribution in [0.2, 0.25) is 0 Å². The van der Waals surface area contributed by atoms with Crippen LogP contribution in [0.4, 0.5) is 0 Å². The van der Waals surface area contributed by atoms with E-state index in [4.69, 9.17) is 4.42 Å². The van der Waals surface area contributed by atoms with Gasteiger partial charge in [-0.1, -0.05) is 18.2 Å². The Bertz CT molecular complexity index is 818. The minimum Gasteiger partial charge on any atom is -0.454 e. The second kappa shape index (κ2) is 6.07. The van der Waals surface area contributed by atoms with Crippen molar-refractivity contribution in [1.29, 1.82) is 0 Å². The summed E-state index contributed by atoms with van der Waals surface area (Å²) in [7, 11) is 4.01. The molecule has 1 aliphatic carbocycles. The summed E-state index contributed by atoms with van der Waals surface area (Å²) in [5, 5.41) is 15.8. The quantitative estimate of drug-likeness (QED) is 0.800. The van der Waals surface area contributed by atoms with Gasteiger partial charge < -0.3 is 9.52 Å². The number of aliphatic hydroxyl groups is 1. The third-order valence-corrected chi connectivity index (χ3v) is 4.99. The molecule has 0 aliphatic heterocycles. The molecule has 1 fully saturated rings. The number of aromatic nitrogens is 2. The van der Waals surface area contributed by atoms with Gasteiger partial charge in [0, 0.05) is 36.8 Å². The second-order valence-electron chi connectivity index (χ2n) is 6.81. The Kier molecular flexibility index (Phi) is 3.90. The molecule has 4 rings (SSSR count). The van der Waals surface area contributed by atoms with Crippen LogP contribution in [-0.2, 0) is 13.6 Å². The van der Waals surface area contributed by atoms with Crippen LogP contribution in [0.5, 0.6) is 0 Å². The Morgan fingerprint density at radius 2 is 2.17 bits per heavy atom. The minimum absolute atomic E-state index is 0.221. The van der Waals surface area contributed by atoms with Crippen molar-refractivity contribution >= 4 is 11.0 Å². The van der Waals surface area contributed by atoms with Gasteiger partial charge in [-0.15, -0.1) is 0 Å². The molecule has 5 heteroatoms. The Morgan fingerprint density at radius 3 is 2.92 bits per heavy atom. The molecule has 1 aliphatic rings. The maximum absolute atomic E-state index is 10.1. The number of aliphatic hydroxyl groups excluding tert-OH is 1. The molecule has 0 saturated heterocycles. The van der Waals surface area contributed by atoms with Gasteiger partial charge in [0.2, 0.25) is 0 Å². The third kappa shape index (κ3) is 2.74. The van der Waals surface area contributed by atoms with Gasteiger partial charge in [0.25, 0.3) is 0 Å². The first-order valence-electron chi connectivity index (χ1n) is 8.51. The molecule has 0 spiro atoms. The SMILES string of the molecule is CN(Cc1cn(C)nc1-c1cc2ccccc2o1)[C@@H]1CCC[C@H]1O. The van der Waals surface area contributed by atoms with Crippen molar-refractivity contribution in [2.24, 2.45) is 7.05 Å². The summed E-state index contributed by atoms with van der Waals surface area (Å²) in [6.45, 7) is 0.752. The van der Waals surface area contributed by atoms with Gasteiger partial charge in [0.05, 0.1) is 6.10 Å². The monoisotopic (exact) mass is 325 g/mol. The average molecular weight is 325 g/mol. The zero-order chi connectivity index (χ0) is 16.7. The van der Waals surface area contributed by atoms with E-state index in [1.165, 1.54) is 0 Å². The van der Waals surface area contributed by atoms with E-state index in [0.717, 1.165) is 53.8 Å². The molecule has 2 aromatic heterocycles. The Hall–Kier alpha value is -2.11. The highest BCUT2D eigenvalue weighted by Gasteiger charge is 2.29. The number of likely N-dealkylation sites (N-methyl/N-ethyl adjacent to an activating group) is 1. The molecule has 2 heterocycles. The van der Waals surface area contributed by atoms with E-state index in [-0.39, 0.29) is 12.1 Å². The molecule has 1 aromatic carbocycles. The average Bonchev–Trinajstić information content (AvgIpc) is 3.24. The van der Waals surface area contributed by atoms with Crippen LogP contribution in [0.1, 0.15) is 24.8 Å². The highest BCUT2D eigenvalue weighted by atomic mass is 16.3. The predicted octanol–water partition coefficient (Wildman–Crippen LogP) is 3.18. The molecule has 3 aromatic rings. The molecule has 1 N–H and O–H groups in total. The van der Waals surface area contributed by atoms with Crippen molar-refractivity contribution in [3.8, 4) is 11.5 Å². The highest BCUT2D eigenvalue weighted by Crippen LogP contribution is 2.31. The van der Waals surface area contributed by atoms with E-state index >= 15 is 0 Å². The van der Waals surface area contributed by atoms with Crippen molar-refractivity contribution in [2.45, 2.75) is 38.0 Å². The summed E-state index contributed by atoms with van der Waals surface area (Å²) in [6, 6.07) is 10.3. The fourth-order valence-electron chi connectivity index (χ4n) is 3.78. The van der Waals surface area contributed by atoms with Crippen LogP contribution < -0.4 is 0 Å². The molecule has 0 radical (unpaired) electrons. The topological polar surface area (TPSA) is 54.4 Å². The molecule has 1 saturated carbocycles. The lowest BCUT2D eigenvalue weighted by atomic mass is 10.1. The first-order chi connectivity index (χ1) is 11.6. The van der Waals surface area contributed by atoms with Gasteiger partial charge in [-0.3, -0.25) is 9.58 Å². The summed E-state index contributed by atoms with van der Waals surface area (Å²) in [5.41, 5.74) is 2.88. The lowest BCUT2D eigenvalue weighted by Gasteiger charge is -2.26. The van der Waals surface area contributed by atoms with Crippen LogP contribution in [0.3, 0.4) is 0 Å². The zero-order valence-corrected chi connectivity index (χ0v) is 14.1. The lowest BCUT2D eigenvalue weighted by Crippen LogP contribution is -2.37. The number of benzene rings is 1. The minimum atomic E-state index is -0.221. The van der Waals surface area contributed by atoms with Crippen molar-refractivity contribution < 1.29 is 9.52 Å². The first kappa shape index (κ1) is 15.4. The molecule has 5 nitrogen and oxygen atoms in total. The molecule has 0 unspecified atom stereocenters. The number of aryl methyl sites for hydroxylation is 1. The number of fused-ring (bicyclic) bond motifs is 1. The standard InChI is InChI=1S/C19H23N3O2/c1-21(15-7-5-8-16(15)23)11-14-12-22(2)20-19(14)18-10-13-6-3-4-9-17(13)24-18/h3-4,6,9-10,12,15-16,23H,5,7-8,11H2,1-2H3/t15-,16-/m1/s1. The number of hydrogen-bond acceptors (Lipinski definition) is 4. The molecule has 24 heavy (non-hydrogen) atoms. The van der Waals surface area contributed by atoms with Crippen LogP contribution in [0, 0.1) is 0 Å². The van der Waals surface area contributed by atoms with Crippen molar-refractivity contribution in [3.05, 3.63) is 42.1 Å². The van der Waals surface area contributed by atoms with Crippen molar-refractivity contribution in [2.75, 3.05) is 7.05 Å². The molecule has 2 atom stereocenters. The molecular weight excluding hydrogens is 302 g/mol. The molecular formula is C19H23N3O2. The van der Waals surface area contributed by atoms with Gasteiger partial charge >= 0.3 is 0 Å².